The summed E-state index contributed by atoms with van der Waals surface area (Å²) in [7, 11) is 0. The largest absolute Gasteiger partial charge is 0.376 e. The Morgan fingerprint density at radius 1 is 1.46 bits per heavy atom. The summed E-state index contributed by atoms with van der Waals surface area (Å²) < 4.78 is 5.44. The second kappa shape index (κ2) is 3.32. The van der Waals surface area contributed by atoms with Crippen LogP contribution in [0.2, 0.25) is 5.02 Å². The molecule has 1 unspecified atom stereocenters. The molecule has 13 heavy (non-hydrogen) atoms. The zero-order chi connectivity index (χ0) is 9.42. The third kappa shape index (κ3) is 1.59. The van der Waals surface area contributed by atoms with Crippen LogP contribution in [0, 0.1) is 6.92 Å². The number of rotatable bonds is 0. The van der Waals surface area contributed by atoms with Gasteiger partial charge in [0.2, 0.25) is 0 Å². The van der Waals surface area contributed by atoms with Crippen molar-refractivity contribution >= 4 is 11.6 Å². The van der Waals surface area contributed by atoms with Gasteiger partial charge in [0.15, 0.2) is 0 Å². The second-order valence-corrected chi connectivity index (χ2v) is 4.14. The first-order valence-electron chi connectivity index (χ1n) is 4.55. The number of hydrogen-bond acceptors (Lipinski definition) is 1. The monoisotopic (exact) mass is 196 g/mol. The molecule has 0 spiro atoms. The van der Waals surface area contributed by atoms with E-state index in [0.717, 1.165) is 11.6 Å². The number of benzene rings is 1. The van der Waals surface area contributed by atoms with Crippen molar-refractivity contribution in [1.82, 2.24) is 0 Å². The zero-order valence-electron chi connectivity index (χ0n) is 7.93. The summed E-state index contributed by atoms with van der Waals surface area (Å²) in [6.07, 6.45) is 0. The molecule has 1 heterocycles. The van der Waals surface area contributed by atoms with E-state index in [4.69, 9.17) is 16.3 Å². The maximum Gasteiger partial charge on any atom is 0.0734 e. The molecule has 0 N–H and O–H groups in total. The van der Waals surface area contributed by atoms with E-state index in [9.17, 15) is 0 Å². The molecule has 1 aliphatic rings. The van der Waals surface area contributed by atoms with E-state index in [1.165, 1.54) is 16.7 Å². The maximum absolute atomic E-state index is 6.13. The van der Waals surface area contributed by atoms with Crippen LogP contribution in [0.1, 0.15) is 29.5 Å². The molecule has 1 atom stereocenters. The van der Waals surface area contributed by atoms with E-state index in [0.29, 0.717) is 12.5 Å². The molecule has 0 aliphatic carbocycles. The lowest BCUT2D eigenvalue weighted by Gasteiger charge is -2.24. The molecular formula is C11H13ClO. The molecule has 0 fully saturated rings. The lowest BCUT2D eigenvalue weighted by atomic mass is 9.93. The number of hydrogen-bond donors (Lipinski definition) is 0. The van der Waals surface area contributed by atoms with Gasteiger partial charge in [-0.05, 0) is 29.7 Å². The Hall–Kier alpha value is -0.530. The Kier molecular flexibility index (Phi) is 2.31. The molecule has 0 radical (unpaired) electrons. The zero-order valence-corrected chi connectivity index (χ0v) is 8.69. The van der Waals surface area contributed by atoms with E-state index in [-0.39, 0.29) is 0 Å². The van der Waals surface area contributed by atoms with Gasteiger partial charge in [-0.3, -0.25) is 0 Å². The van der Waals surface area contributed by atoms with Crippen LogP contribution in [0.4, 0.5) is 0 Å². The van der Waals surface area contributed by atoms with Crippen LogP contribution >= 0.6 is 11.6 Å². The summed E-state index contributed by atoms with van der Waals surface area (Å²) in [5.41, 5.74) is 3.76. The Morgan fingerprint density at radius 3 is 3.00 bits per heavy atom. The van der Waals surface area contributed by atoms with Gasteiger partial charge in [-0.15, -0.1) is 0 Å². The van der Waals surface area contributed by atoms with Crippen LogP contribution in [0.15, 0.2) is 12.1 Å². The molecule has 2 heteroatoms. The van der Waals surface area contributed by atoms with Gasteiger partial charge in [-0.1, -0.05) is 24.6 Å². The molecule has 2 rings (SSSR count). The Labute approximate surface area is 83.7 Å². The molecular weight excluding hydrogens is 184 g/mol. The van der Waals surface area contributed by atoms with E-state index in [1.54, 1.807) is 0 Å². The summed E-state index contributed by atoms with van der Waals surface area (Å²) in [4.78, 5) is 0. The quantitative estimate of drug-likeness (QED) is 0.619. The number of aryl methyl sites for hydroxylation is 1. The van der Waals surface area contributed by atoms with Crippen molar-refractivity contribution < 1.29 is 4.74 Å². The maximum atomic E-state index is 6.13. The Balaban J connectivity index is 2.56. The van der Waals surface area contributed by atoms with E-state index in [1.807, 2.05) is 6.07 Å². The summed E-state index contributed by atoms with van der Waals surface area (Å²) in [5, 5.41) is 0.849. The molecule has 70 valence electrons. The van der Waals surface area contributed by atoms with Gasteiger partial charge in [0.05, 0.1) is 13.2 Å². The molecule has 0 saturated carbocycles. The van der Waals surface area contributed by atoms with E-state index >= 15 is 0 Å². The number of ether oxygens (including phenoxy) is 1. The highest BCUT2D eigenvalue weighted by molar-refractivity contribution is 6.31. The first-order chi connectivity index (χ1) is 6.18. The van der Waals surface area contributed by atoms with E-state index in [2.05, 4.69) is 19.9 Å². The fraction of sp³-hybridized carbons (Fsp3) is 0.455. The fourth-order valence-corrected chi connectivity index (χ4v) is 2.15. The standard InChI is InChI=1S/C11H13ClO/c1-7-3-9-8(2)5-13-6-10(9)11(12)4-7/h3-4,8H,5-6H2,1-2H3. The summed E-state index contributed by atoms with van der Waals surface area (Å²) >= 11 is 6.13. The van der Waals surface area contributed by atoms with Crippen molar-refractivity contribution in [2.24, 2.45) is 0 Å². The van der Waals surface area contributed by atoms with Gasteiger partial charge >= 0.3 is 0 Å². The summed E-state index contributed by atoms with van der Waals surface area (Å²) in [5.74, 6) is 0.473. The topological polar surface area (TPSA) is 9.23 Å². The molecule has 0 saturated heterocycles. The normalized spacial score (nSPS) is 21.3. The summed E-state index contributed by atoms with van der Waals surface area (Å²) in [6, 6.07) is 4.22. The predicted molar refractivity (Wildman–Crippen MR) is 54.3 cm³/mol. The van der Waals surface area contributed by atoms with Crippen molar-refractivity contribution in [3.05, 3.63) is 33.8 Å². The highest BCUT2D eigenvalue weighted by Gasteiger charge is 2.19. The van der Waals surface area contributed by atoms with Crippen LogP contribution in [0.25, 0.3) is 0 Å². The Bertz CT molecular complexity index is 333. The lowest BCUT2D eigenvalue weighted by molar-refractivity contribution is 0.0951. The van der Waals surface area contributed by atoms with Gasteiger partial charge < -0.3 is 4.74 Å². The van der Waals surface area contributed by atoms with Gasteiger partial charge in [0, 0.05) is 10.9 Å². The van der Waals surface area contributed by atoms with Crippen LogP contribution in [0.5, 0.6) is 0 Å². The predicted octanol–water partition coefficient (Wildman–Crippen LogP) is 3.28. The average Bonchev–Trinajstić information content (AvgIpc) is 2.07. The SMILES string of the molecule is Cc1cc(Cl)c2c(c1)C(C)COC2. The first-order valence-corrected chi connectivity index (χ1v) is 4.93. The minimum atomic E-state index is 0.473. The third-order valence-electron chi connectivity index (χ3n) is 2.52. The average molecular weight is 197 g/mol. The molecule has 0 bridgehead atoms. The van der Waals surface area contributed by atoms with Crippen molar-refractivity contribution in [2.45, 2.75) is 26.4 Å². The van der Waals surface area contributed by atoms with E-state index < -0.39 is 0 Å². The van der Waals surface area contributed by atoms with Crippen molar-refractivity contribution in [3.63, 3.8) is 0 Å². The molecule has 1 aromatic carbocycles. The first kappa shape index (κ1) is 9.04. The summed E-state index contributed by atoms with van der Waals surface area (Å²) in [6.45, 7) is 5.73. The van der Waals surface area contributed by atoms with Crippen LogP contribution in [-0.2, 0) is 11.3 Å². The number of halogens is 1. The van der Waals surface area contributed by atoms with Crippen molar-refractivity contribution in [1.29, 1.82) is 0 Å². The van der Waals surface area contributed by atoms with Gasteiger partial charge in [0.1, 0.15) is 0 Å². The second-order valence-electron chi connectivity index (χ2n) is 3.73. The molecule has 1 nitrogen and oxygen atoms in total. The molecule has 1 aromatic rings. The third-order valence-corrected chi connectivity index (χ3v) is 2.86. The van der Waals surface area contributed by atoms with Crippen molar-refractivity contribution in [2.75, 3.05) is 6.61 Å². The van der Waals surface area contributed by atoms with Crippen molar-refractivity contribution in [3.8, 4) is 0 Å². The molecule has 0 aromatic heterocycles. The van der Waals surface area contributed by atoms with Crippen LogP contribution in [0.3, 0.4) is 0 Å². The van der Waals surface area contributed by atoms with Gasteiger partial charge in [-0.25, -0.2) is 0 Å². The fourth-order valence-electron chi connectivity index (χ4n) is 1.82. The smallest absolute Gasteiger partial charge is 0.0734 e. The van der Waals surface area contributed by atoms with Gasteiger partial charge in [-0.2, -0.15) is 0 Å². The van der Waals surface area contributed by atoms with Crippen LogP contribution < -0.4 is 0 Å². The van der Waals surface area contributed by atoms with Crippen LogP contribution in [-0.4, -0.2) is 6.61 Å². The lowest BCUT2D eigenvalue weighted by Crippen LogP contribution is -2.14. The Morgan fingerprint density at radius 2 is 2.23 bits per heavy atom. The minimum absolute atomic E-state index is 0.473. The van der Waals surface area contributed by atoms with Gasteiger partial charge in [0.25, 0.3) is 0 Å². The molecule has 0 amide bonds. The highest BCUT2D eigenvalue weighted by atomic mass is 35.5. The minimum Gasteiger partial charge on any atom is -0.376 e. The molecule has 1 aliphatic heterocycles. The highest BCUT2D eigenvalue weighted by Crippen LogP contribution is 2.32. The number of fused-ring (bicyclic) bond motifs is 1.